The van der Waals surface area contributed by atoms with E-state index in [1.807, 2.05) is 18.2 Å². The summed E-state index contributed by atoms with van der Waals surface area (Å²) < 4.78 is 5.85. The van der Waals surface area contributed by atoms with Crippen LogP contribution in [0.3, 0.4) is 0 Å². The molecule has 122 valence electrons. The standard InChI is InChI=1S/C18H27NO3/c1-2-3-12-22-17-7-5-4-6-15(17)13-19-16-10-8-14(9-11-16)18(20)21/h4-7,14,16,19H,2-3,8-13H2,1H3,(H,20,21). The second-order valence-electron chi connectivity index (χ2n) is 6.08. The molecule has 0 unspecified atom stereocenters. The van der Waals surface area contributed by atoms with Crippen LogP contribution in [0.4, 0.5) is 0 Å². The Labute approximate surface area is 132 Å². The van der Waals surface area contributed by atoms with E-state index in [2.05, 4.69) is 18.3 Å². The molecule has 4 heteroatoms. The van der Waals surface area contributed by atoms with Gasteiger partial charge in [0.2, 0.25) is 0 Å². The molecule has 0 saturated heterocycles. The molecule has 22 heavy (non-hydrogen) atoms. The highest BCUT2D eigenvalue weighted by Crippen LogP contribution is 2.25. The molecule has 4 nitrogen and oxygen atoms in total. The van der Waals surface area contributed by atoms with Crippen LogP contribution in [0.2, 0.25) is 0 Å². The first-order valence-corrected chi connectivity index (χ1v) is 8.37. The van der Waals surface area contributed by atoms with Gasteiger partial charge in [0, 0.05) is 18.2 Å². The minimum atomic E-state index is -0.645. The lowest BCUT2D eigenvalue weighted by Gasteiger charge is -2.27. The van der Waals surface area contributed by atoms with Gasteiger partial charge in [-0.15, -0.1) is 0 Å². The predicted octanol–water partition coefficient (Wildman–Crippen LogP) is 3.60. The number of ether oxygens (including phenoxy) is 1. The normalized spacial score (nSPS) is 21.5. The van der Waals surface area contributed by atoms with Crippen molar-refractivity contribution < 1.29 is 14.6 Å². The van der Waals surface area contributed by atoms with Crippen LogP contribution in [0.15, 0.2) is 24.3 Å². The van der Waals surface area contributed by atoms with Crippen molar-refractivity contribution in [3.05, 3.63) is 29.8 Å². The van der Waals surface area contributed by atoms with E-state index in [9.17, 15) is 4.79 Å². The Bertz CT molecular complexity index is 467. The minimum absolute atomic E-state index is 0.150. The van der Waals surface area contributed by atoms with Gasteiger partial charge >= 0.3 is 5.97 Å². The maximum Gasteiger partial charge on any atom is 0.306 e. The Morgan fingerprint density at radius 2 is 2.00 bits per heavy atom. The zero-order chi connectivity index (χ0) is 15.8. The molecule has 0 amide bonds. The lowest BCUT2D eigenvalue weighted by molar-refractivity contribution is -0.142. The van der Waals surface area contributed by atoms with Gasteiger partial charge in [-0.25, -0.2) is 0 Å². The summed E-state index contributed by atoms with van der Waals surface area (Å²) in [5.41, 5.74) is 1.18. The number of carboxylic acids is 1. The molecule has 1 fully saturated rings. The molecule has 2 rings (SSSR count). The summed E-state index contributed by atoms with van der Waals surface area (Å²) >= 11 is 0. The lowest BCUT2D eigenvalue weighted by Crippen LogP contribution is -2.34. The SMILES string of the molecule is CCCCOc1ccccc1CNC1CCC(C(=O)O)CC1. The first-order chi connectivity index (χ1) is 10.7. The second-order valence-corrected chi connectivity index (χ2v) is 6.08. The third kappa shape index (κ3) is 5.02. The molecule has 0 aromatic heterocycles. The summed E-state index contributed by atoms with van der Waals surface area (Å²) in [7, 11) is 0. The highest BCUT2D eigenvalue weighted by molar-refractivity contribution is 5.70. The number of unbranched alkanes of at least 4 members (excludes halogenated alkanes) is 1. The number of benzene rings is 1. The number of aliphatic carboxylic acids is 1. The van der Waals surface area contributed by atoms with Crippen molar-refractivity contribution in [3.63, 3.8) is 0 Å². The lowest BCUT2D eigenvalue weighted by atomic mass is 9.86. The van der Waals surface area contributed by atoms with Crippen LogP contribution in [0, 0.1) is 5.92 Å². The van der Waals surface area contributed by atoms with Gasteiger partial charge in [-0.1, -0.05) is 31.5 Å². The number of nitrogens with one attached hydrogen (secondary N) is 1. The fraction of sp³-hybridized carbons (Fsp3) is 0.611. The number of hydrogen-bond acceptors (Lipinski definition) is 3. The molecule has 0 bridgehead atoms. The Balaban J connectivity index is 1.80. The first-order valence-electron chi connectivity index (χ1n) is 8.37. The summed E-state index contributed by atoms with van der Waals surface area (Å²) in [6.45, 7) is 3.70. The van der Waals surface area contributed by atoms with Gasteiger partial charge in [0.05, 0.1) is 12.5 Å². The van der Waals surface area contributed by atoms with Crippen LogP contribution in [0.25, 0.3) is 0 Å². The Kier molecular flexibility index (Phi) is 6.72. The molecule has 1 aliphatic rings. The third-order valence-electron chi connectivity index (χ3n) is 4.39. The maximum absolute atomic E-state index is 11.0. The van der Waals surface area contributed by atoms with Crippen LogP contribution in [-0.4, -0.2) is 23.7 Å². The molecule has 0 aliphatic heterocycles. The zero-order valence-electron chi connectivity index (χ0n) is 13.4. The number of hydrogen-bond donors (Lipinski definition) is 2. The molecular weight excluding hydrogens is 278 g/mol. The second kappa shape index (κ2) is 8.79. The monoisotopic (exact) mass is 305 g/mol. The average Bonchev–Trinajstić information content (AvgIpc) is 2.54. The van der Waals surface area contributed by atoms with Crippen molar-refractivity contribution in [1.82, 2.24) is 5.32 Å². The fourth-order valence-electron chi connectivity index (χ4n) is 2.92. The van der Waals surface area contributed by atoms with E-state index in [0.717, 1.165) is 57.4 Å². The van der Waals surface area contributed by atoms with Crippen molar-refractivity contribution in [2.75, 3.05) is 6.61 Å². The van der Waals surface area contributed by atoms with E-state index in [0.29, 0.717) is 6.04 Å². The van der Waals surface area contributed by atoms with Crippen LogP contribution in [0.5, 0.6) is 5.75 Å². The molecular formula is C18H27NO3. The Hall–Kier alpha value is -1.55. The van der Waals surface area contributed by atoms with E-state index >= 15 is 0 Å². The molecule has 1 saturated carbocycles. The van der Waals surface area contributed by atoms with E-state index in [1.54, 1.807) is 0 Å². The third-order valence-corrected chi connectivity index (χ3v) is 4.39. The smallest absolute Gasteiger partial charge is 0.306 e. The largest absolute Gasteiger partial charge is 0.493 e. The van der Waals surface area contributed by atoms with Crippen molar-refractivity contribution in [1.29, 1.82) is 0 Å². The number of carbonyl (C=O) groups is 1. The van der Waals surface area contributed by atoms with Gasteiger partial charge in [0.15, 0.2) is 0 Å². The number of para-hydroxylation sites is 1. The summed E-state index contributed by atoms with van der Waals surface area (Å²) in [4.78, 5) is 11.0. The van der Waals surface area contributed by atoms with Crippen molar-refractivity contribution in [2.45, 2.75) is 58.0 Å². The van der Waals surface area contributed by atoms with Gasteiger partial charge in [-0.2, -0.15) is 0 Å². The molecule has 0 heterocycles. The minimum Gasteiger partial charge on any atom is -0.493 e. The molecule has 1 aromatic rings. The average molecular weight is 305 g/mol. The van der Waals surface area contributed by atoms with Crippen LogP contribution < -0.4 is 10.1 Å². The van der Waals surface area contributed by atoms with Crippen molar-refractivity contribution in [2.24, 2.45) is 5.92 Å². The Morgan fingerprint density at radius 1 is 1.27 bits per heavy atom. The summed E-state index contributed by atoms with van der Waals surface area (Å²) in [5.74, 6) is 0.165. The van der Waals surface area contributed by atoms with Crippen molar-refractivity contribution >= 4 is 5.97 Å². The van der Waals surface area contributed by atoms with E-state index in [1.165, 1.54) is 5.56 Å². The summed E-state index contributed by atoms with van der Waals surface area (Å²) in [6.07, 6.45) is 5.64. The van der Waals surface area contributed by atoms with Gasteiger partial charge in [0.25, 0.3) is 0 Å². The van der Waals surface area contributed by atoms with E-state index in [4.69, 9.17) is 9.84 Å². The van der Waals surface area contributed by atoms with Crippen molar-refractivity contribution in [3.8, 4) is 5.75 Å². The summed E-state index contributed by atoms with van der Waals surface area (Å²) in [5, 5.41) is 12.6. The fourth-order valence-corrected chi connectivity index (χ4v) is 2.92. The highest BCUT2D eigenvalue weighted by Gasteiger charge is 2.25. The van der Waals surface area contributed by atoms with Crippen LogP contribution in [-0.2, 0) is 11.3 Å². The zero-order valence-corrected chi connectivity index (χ0v) is 13.4. The molecule has 1 aromatic carbocycles. The van der Waals surface area contributed by atoms with Crippen LogP contribution >= 0.6 is 0 Å². The van der Waals surface area contributed by atoms with Gasteiger partial charge in [-0.3, -0.25) is 4.79 Å². The Morgan fingerprint density at radius 3 is 2.68 bits per heavy atom. The topological polar surface area (TPSA) is 58.6 Å². The van der Waals surface area contributed by atoms with Gasteiger partial charge < -0.3 is 15.2 Å². The maximum atomic E-state index is 11.0. The number of carboxylic acid groups (broad SMARTS) is 1. The molecule has 0 radical (unpaired) electrons. The number of rotatable bonds is 8. The van der Waals surface area contributed by atoms with E-state index < -0.39 is 5.97 Å². The molecule has 2 N–H and O–H groups in total. The predicted molar refractivity (Wildman–Crippen MR) is 87.1 cm³/mol. The van der Waals surface area contributed by atoms with Gasteiger partial charge in [-0.05, 0) is 38.2 Å². The molecule has 0 spiro atoms. The highest BCUT2D eigenvalue weighted by atomic mass is 16.5. The molecule has 0 atom stereocenters. The first kappa shape index (κ1) is 16.8. The molecule has 1 aliphatic carbocycles. The van der Waals surface area contributed by atoms with Gasteiger partial charge in [0.1, 0.15) is 5.75 Å². The van der Waals surface area contributed by atoms with E-state index in [-0.39, 0.29) is 5.92 Å². The van der Waals surface area contributed by atoms with Crippen LogP contribution in [0.1, 0.15) is 51.0 Å². The summed E-state index contributed by atoms with van der Waals surface area (Å²) in [6, 6.07) is 8.57. The quantitative estimate of drug-likeness (QED) is 0.721.